The van der Waals surface area contributed by atoms with E-state index in [1.807, 2.05) is 0 Å². The van der Waals surface area contributed by atoms with Crippen molar-refractivity contribution in [2.24, 2.45) is 5.34 Å². The zero-order valence-corrected chi connectivity index (χ0v) is 2.72. The summed E-state index contributed by atoms with van der Waals surface area (Å²) < 4.78 is 0. The van der Waals surface area contributed by atoms with E-state index in [0.717, 1.165) is 5.34 Å². The maximum atomic E-state index is 8.00. The third-order valence-corrected chi connectivity index (χ3v) is 0. The summed E-state index contributed by atoms with van der Waals surface area (Å²) >= 11 is 0. The summed E-state index contributed by atoms with van der Waals surface area (Å²) in [5.41, 5.74) is 0. The van der Waals surface area contributed by atoms with Crippen LogP contribution < -0.4 is 0 Å². The van der Waals surface area contributed by atoms with E-state index in [4.69, 9.17) is 10.1 Å². The van der Waals surface area contributed by atoms with Crippen molar-refractivity contribution >= 4 is 0 Å². The van der Waals surface area contributed by atoms with Crippen LogP contribution in [-0.4, -0.2) is 0 Å². The first-order valence-corrected chi connectivity index (χ1v) is 0.365. The Hall–Kier alpha value is -0.0805. The van der Waals surface area contributed by atoms with E-state index >= 15 is 0 Å². The minimum absolute atomic E-state index is 0. The first-order chi connectivity index (χ1) is 1.41. The van der Waals surface area contributed by atoms with Crippen LogP contribution in [0.25, 0.3) is 0 Å². The molecule has 0 fully saturated rings. The minimum Gasteiger partial charge on any atom is -0.444 e. The largest absolute Gasteiger partial charge is 1.00 e. The van der Waals surface area contributed by atoms with Gasteiger partial charge in [0.2, 0.25) is 0 Å². The van der Waals surface area contributed by atoms with Gasteiger partial charge in [0.15, 0.2) is 0 Å². The first-order valence-electron chi connectivity index (χ1n) is 0.365. The first kappa shape index (κ1) is 9.07. The van der Waals surface area contributed by atoms with Gasteiger partial charge in [-0.1, -0.05) is 0 Å². The number of nitrogens with zero attached hydrogens (tertiary/aromatic N) is 1. The average Bonchev–Trinajstić information content (AvgIpc) is 0.918. The molecule has 4 heavy (non-hydrogen) atoms. The van der Waals surface area contributed by atoms with Crippen LogP contribution in [0.4, 0.5) is 0 Å². The molecule has 0 aromatic carbocycles. The van der Waals surface area contributed by atoms with Crippen molar-refractivity contribution < 1.29 is 17.1 Å². The molecule has 25 valence electrons. The Morgan fingerprint density at radius 1 is 1.75 bits per heavy atom. The quantitative estimate of drug-likeness (QED) is 0.250. The fourth-order valence-corrected chi connectivity index (χ4v) is 0. The van der Waals surface area contributed by atoms with Crippen molar-refractivity contribution in [1.29, 1.82) is 0 Å². The Kier molecular flexibility index (Phi) is 28.8. The Morgan fingerprint density at radius 3 is 1.75 bits per heavy atom. The van der Waals surface area contributed by atoms with Gasteiger partial charge < -0.3 is 10.1 Å². The van der Waals surface area contributed by atoms with E-state index in [1.165, 1.54) is 0 Å². The number of hydrogen-bond acceptors (Lipinski definition) is 3. The third-order valence-electron chi connectivity index (χ3n) is 0. The van der Waals surface area contributed by atoms with Crippen LogP contribution in [0.2, 0.25) is 0 Å². The minimum atomic E-state index is 0. The summed E-state index contributed by atoms with van der Waals surface area (Å²) in [5.74, 6) is 0. The van der Waals surface area contributed by atoms with Gasteiger partial charge in [0.05, 0.1) is 0 Å². The fraction of sp³-hybridized carbons (Fsp3) is 0. The van der Waals surface area contributed by atoms with E-state index in [0.29, 0.717) is 0 Å². The molecule has 0 saturated heterocycles. The second kappa shape index (κ2) is 12.7. The summed E-state index contributed by atoms with van der Waals surface area (Å²) in [4.78, 5) is 8.00. The van der Waals surface area contributed by atoms with E-state index in [2.05, 4.69) is 0 Å². The normalized spacial score (nSPS) is 3.00. The standard InChI is InChI=1S/Fe.HNO2/c;2-1-3/h;(H,2,3)/q+1;/p-1. The second-order valence-electron chi connectivity index (χ2n) is 0.0745. The predicted octanol–water partition coefficient (Wildman–Crippen LogP) is 0.248. The van der Waals surface area contributed by atoms with Gasteiger partial charge in [-0.2, -0.15) is 0 Å². The van der Waals surface area contributed by atoms with Crippen LogP contribution in [0.15, 0.2) is 5.34 Å². The van der Waals surface area contributed by atoms with Crippen LogP contribution in [0.1, 0.15) is 0 Å². The van der Waals surface area contributed by atoms with Gasteiger partial charge in [0, 0.05) is 0 Å². The van der Waals surface area contributed by atoms with Crippen molar-refractivity contribution in [1.82, 2.24) is 0 Å². The van der Waals surface area contributed by atoms with Gasteiger partial charge in [0.1, 0.15) is 0 Å². The van der Waals surface area contributed by atoms with Crippen molar-refractivity contribution in [3.05, 3.63) is 10.1 Å². The van der Waals surface area contributed by atoms with Gasteiger partial charge in [0.25, 0.3) is 0 Å². The molecular formula is FeNO2. The smallest absolute Gasteiger partial charge is 0.444 e. The Morgan fingerprint density at radius 2 is 1.75 bits per heavy atom. The Balaban J connectivity index is 0. The fourth-order valence-electron chi connectivity index (χ4n) is 0. The Bertz CT molecular complexity index is 13.5. The average molecular weight is 102 g/mol. The van der Waals surface area contributed by atoms with Crippen LogP contribution in [0.5, 0.6) is 0 Å². The molecule has 0 atom stereocenters. The van der Waals surface area contributed by atoms with Crippen LogP contribution >= 0.6 is 0 Å². The molecule has 0 saturated carbocycles. The van der Waals surface area contributed by atoms with E-state index in [1.54, 1.807) is 0 Å². The zero-order chi connectivity index (χ0) is 2.71. The maximum absolute atomic E-state index is 8.00. The summed E-state index contributed by atoms with van der Waals surface area (Å²) in [6.45, 7) is 0. The molecule has 0 aliphatic heterocycles. The van der Waals surface area contributed by atoms with Gasteiger partial charge in [-0.3, -0.25) is 0 Å². The van der Waals surface area contributed by atoms with E-state index < -0.39 is 0 Å². The van der Waals surface area contributed by atoms with Crippen LogP contribution in [0, 0.1) is 10.1 Å². The molecule has 4 heteroatoms. The van der Waals surface area contributed by atoms with Crippen molar-refractivity contribution in [3.8, 4) is 0 Å². The molecule has 1 radical (unpaired) electrons. The number of hydrogen-bond donors (Lipinski definition) is 0. The van der Waals surface area contributed by atoms with Crippen LogP contribution in [-0.2, 0) is 17.1 Å². The van der Waals surface area contributed by atoms with Gasteiger partial charge in [-0.25, -0.2) is 0 Å². The topological polar surface area (TPSA) is 52.5 Å². The maximum Gasteiger partial charge on any atom is 1.00 e. The molecule has 3 nitrogen and oxygen atoms in total. The predicted molar refractivity (Wildman–Crippen MR) is 9.16 cm³/mol. The monoisotopic (exact) mass is 102 g/mol. The Labute approximate surface area is 33.4 Å². The summed E-state index contributed by atoms with van der Waals surface area (Å²) in [5, 5.41) is 9.00. The molecule has 0 unspecified atom stereocenters. The SMILES string of the molecule is O=N[O-].[Fe+]. The van der Waals surface area contributed by atoms with Crippen molar-refractivity contribution in [2.75, 3.05) is 0 Å². The molecular weight excluding hydrogens is 102 g/mol. The molecule has 0 aromatic heterocycles. The number of rotatable bonds is 0. The molecule has 0 heterocycles. The van der Waals surface area contributed by atoms with E-state index in [9.17, 15) is 0 Å². The molecule has 0 bridgehead atoms. The molecule has 0 N–H and O–H groups in total. The summed E-state index contributed by atoms with van der Waals surface area (Å²) in [6.07, 6.45) is 0. The molecule has 0 amide bonds. The molecule has 0 aromatic rings. The van der Waals surface area contributed by atoms with Gasteiger partial charge in [-0.05, 0) is 0 Å². The zero-order valence-electron chi connectivity index (χ0n) is 1.62. The second-order valence-corrected chi connectivity index (χ2v) is 0.0745. The van der Waals surface area contributed by atoms with Gasteiger partial charge >= 0.3 is 17.1 Å². The summed E-state index contributed by atoms with van der Waals surface area (Å²) in [7, 11) is 0. The van der Waals surface area contributed by atoms with Gasteiger partial charge in [-0.15, -0.1) is 5.34 Å². The molecule has 0 aliphatic rings. The van der Waals surface area contributed by atoms with Crippen molar-refractivity contribution in [2.45, 2.75) is 0 Å². The molecule has 0 spiro atoms. The summed E-state index contributed by atoms with van der Waals surface area (Å²) in [6, 6.07) is 0. The van der Waals surface area contributed by atoms with E-state index in [-0.39, 0.29) is 17.1 Å². The van der Waals surface area contributed by atoms with Crippen molar-refractivity contribution in [3.63, 3.8) is 0 Å². The third kappa shape index (κ3) is 250. The molecule has 0 rings (SSSR count). The molecule has 0 aliphatic carbocycles. The van der Waals surface area contributed by atoms with Crippen LogP contribution in [0.3, 0.4) is 0 Å².